The van der Waals surface area contributed by atoms with Crippen molar-refractivity contribution in [2.75, 3.05) is 26.7 Å². The zero-order chi connectivity index (χ0) is 17.5. The molecule has 0 aromatic carbocycles. The summed E-state index contributed by atoms with van der Waals surface area (Å²) in [5.74, 6) is 0.507. The first kappa shape index (κ1) is 21.9. The van der Waals surface area contributed by atoms with Crippen molar-refractivity contribution in [3.63, 3.8) is 0 Å². The van der Waals surface area contributed by atoms with E-state index in [1.165, 1.54) is 39.2 Å². The molecule has 1 atom stereocenters. The second kappa shape index (κ2) is 14.5. The van der Waals surface area contributed by atoms with Crippen molar-refractivity contribution in [2.24, 2.45) is 11.7 Å². The molecule has 0 bridgehead atoms. The third-order valence-corrected chi connectivity index (χ3v) is 4.11. The molecule has 136 valence electrons. The fourth-order valence-corrected chi connectivity index (χ4v) is 2.91. The molecule has 1 aliphatic carbocycles. The number of carbonyl (C=O) groups is 2. The average Bonchev–Trinajstić information content (AvgIpc) is 3.17. The third kappa shape index (κ3) is 9.56. The number of nitrogens with one attached hydrogen (secondary N) is 3. The van der Waals surface area contributed by atoms with Crippen LogP contribution in [-0.2, 0) is 9.59 Å². The number of carbonyl (C=O) groups excluding carboxylic acids is 2. The summed E-state index contributed by atoms with van der Waals surface area (Å²) in [4.78, 5) is 23.4. The monoisotopic (exact) mass is 328 g/mol. The summed E-state index contributed by atoms with van der Waals surface area (Å²) in [6.45, 7) is 5.76. The molecule has 2 fully saturated rings. The van der Waals surface area contributed by atoms with Gasteiger partial charge in [-0.3, -0.25) is 9.59 Å². The Morgan fingerprint density at radius 3 is 2.22 bits per heavy atom. The molecule has 0 aromatic heterocycles. The van der Waals surface area contributed by atoms with Gasteiger partial charge in [-0.25, -0.2) is 0 Å². The highest BCUT2D eigenvalue weighted by atomic mass is 16.2. The van der Waals surface area contributed by atoms with E-state index in [4.69, 9.17) is 0 Å². The van der Waals surface area contributed by atoms with E-state index in [1.54, 1.807) is 0 Å². The Hall–Kier alpha value is -1.14. The van der Waals surface area contributed by atoms with Gasteiger partial charge in [0.1, 0.15) is 0 Å². The zero-order valence-electron chi connectivity index (χ0n) is 15.1. The number of hydrogen-bond acceptors (Lipinski definition) is 4. The Morgan fingerprint density at radius 1 is 1.00 bits per heavy atom. The predicted octanol–water partition coefficient (Wildman–Crippen LogP) is 1.15. The smallest absolute Gasteiger partial charge is 0.239 e. The first-order valence-corrected chi connectivity index (χ1v) is 9.11. The van der Waals surface area contributed by atoms with Crippen LogP contribution in [0.4, 0.5) is 0 Å². The number of hydrogen-bond donors (Lipinski definition) is 4. The van der Waals surface area contributed by atoms with Crippen molar-refractivity contribution in [3.05, 3.63) is 0 Å². The molecule has 1 heterocycles. The molecule has 23 heavy (non-hydrogen) atoms. The third-order valence-electron chi connectivity index (χ3n) is 4.11. The summed E-state index contributed by atoms with van der Waals surface area (Å²) in [5, 5.41) is 8.74. The van der Waals surface area contributed by atoms with Crippen molar-refractivity contribution in [1.82, 2.24) is 16.0 Å². The highest BCUT2D eigenvalue weighted by Gasteiger charge is 2.22. The Balaban J connectivity index is 0.00000112. The standard InChI is InChI=1S/C14H25N3O2.C2H6.CH5N/c18-13(16-9-11-5-2-1-3-6-11)10-17-14(19)12-7-4-8-15-12;2*1-2/h11-12,15H,1-10H2,(H,16,18)(H,17,19);1-2H3;2H2,1H3. The first-order valence-electron chi connectivity index (χ1n) is 9.11. The molecule has 1 saturated carbocycles. The van der Waals surface area contributed by atoms with Gasteiger partial charge in [0.05, 0.1) is 12.6 Å². The van der Waals surface area contributed by atoms with E-state index in [0.717, 1.165) is 25.9 Å². The molecule has 0 aromatic rings. The molecule has 1 saturated heterocycles. The molecular weight excluding hydrogens is 292 g/mol. The molecule has 1 aliphatic heterocycles. The van der Waals surface area contributed by atoms with Crippen molar-refractivity contribution < 1.29 is 9.59 Å². The van der Waals surface area contributed by atoms with Crippen molar-refractivity contribution in [3.8, 4) is 0 Å². The van der Waals surface area contributed by atoms with Gasteiger partial charge < -0.3 is 21.7 Å². The zero-order valence-corrected chi connectivity index (χ0v) is 15.1. The van der Waals surface area contributed by atoms with Gasteiger partial charge in [0.15, 0.2) is 0 Å². The lowest BCUT2D eigenvalue weighted by molar-refractivity contribution is -0.127. The first-order chi connectivity index (χ1) is 11.3. The fraction of sp³-hybridized carbons (Fsp3) is 0.882. The van der Waals surface area contributed by atoms with E-state index >= 15 is 0 Å². The number of amides is 2. The quantitative estimate of drug-likeness (QED) is 0.609. The molecule has 1 unspecified atom stereocenters. The topological polar surface area (TPSA) is 96.2 Å². The molecule has 0 radical (unpaired) electrons. The maximum atomic E-state index is 11.7. The fourth-order valence-electron chi connectivity index (χ4n) is 2.91. The SMILES string of the molecule is CC.CN.O=C(CNC(=O)C1CCCN1)NCC1CCCCC1. The minimum atomic E-state index is -0.105. The van der Waals surface area contributed by atoms with E-state index in [0.29, 0.717) is 5.92 Å². The van der Waals surface area contributed by atoms with E-state index in [-0.39, 0.29) is 24.4 Å². The lowest BCUT2D eigenvalue weighted by atomic mass is 9.89. The lowest BCUT2D eigenvalue weighted by Crippen LogP contribution is -2.45. The molecule has 2 amide bonds. The van der Waals surface area contributed by atoms with Crippen LogP contribution in [0.2, 0.25) is 0 Å². The van der Waals surface area contributed by atoms with Crippen molar-refractivity contribution in [1.29, 1.82) is 0 Å². The molecule has 5 N–H and O–H groups in total. The van der Waals surface area contributed by atoms with Crippen molar-refractivity contribution in [2.45, 2.75) is 64.8 Å². The second-order valence-corrected chi connectivity index (χ2v) is 5.67. The molecule has 2 aliphatic rings. The van der Waals surface area contributed by atoms with Crippen LogP contribution in [0.3, 0.4) is 0 Å². The van der Waals surface area contributed by atoms with Crippen LogP contribution < -0.4 is 21.7 Å². The Bertz CT molecular complexity index is 312. The van der Waals surface area contributed by atoms with E-state index < -0.39 is 0 Å². The van der Waals surface area contributed by atoms with Crippen LogP contribution in [0.15, 0.2) is 0 Å². The van der Waals surface area contributed by atoms with Crippen LogP contribution in [-0.4, -0.2) is 44.5 Å². The Morgan fingerprint density at radius 2 is 1.65 bits per heavy atom. The molecule has 6 nitrogen and oxygen atoms in total. The van der Waals surface area contributed by atoms with Crippen LogP contribution in [0.1, 0.15) is 58.8 Å². The summed E-state index contributed by atoms with van der Waals surface area (Å²) < 4.78 is 0. The largest absolute Gasteiger partial charge is 0.354 e. The predicted molar refractivity (Wildman–Crippen MR) is 95.1 cm³/mol. The van der Waals surface area contributed by atoms with Gasteiger partial charge in [0.25, 0.3) is 0 Å². The second-order valence-electron chi connectivity index (χ2n) is 5.67. The van der Waals surface area contributed by atoms with Crippen LogP contribution >= 0.6 is 0 Å². The molecular formula is C17H36N4O2. The van der Waals surface area contributed by atoms with E-state index in [1.807, 2.05) is 13.8 Å². The molecule has 2 rings (SSSR count). The maximum Gasteiger partial charge on any atom is 0.239 e. The minimum Gasteiger partial charge on any atom is -0.354 e. The van der Waals surface area contributed by atoms with Gasteiger partial charge in [-0.1, -0.05) is 33.1 Å². The summed E-state index contributed by atoms with van der Waals surface area (Å²) in [6, 6.07) is -0.105. The lowest BCUT2D eigenvalue weighted by Gasteiger charge is -2.21. The average molecular weight is 329 g/mol. The normalized spacial score (nSPS) is 20.4. The van der Waals surface area contributed by atoms with Gasteiger partial charge in [-0.15, -0.1) is 0 Å². The van der Waals surface area contributed by atoms with E-state index in [2.05, 4.69) is 21.7 Å². The summed E-state index contributed by atoms with van der Waals surface area (Å²) in [5.41, 5.74) is 4.50. The summed E-state index contributed by atoms with van der Waals surface area (Å²) in [7, 11) is 1.50. The highest BCUT2D eigenvalue weighted by molar-refractivity contribution is 5.87. The van der Waals surface area contributed by atoms with E-state index in [9.17, 15) is 9.59 Å². The minimum absolute atomic E-state index is 0.0506. The van der Waals surface area contributed by atoms with Crippen molar-refractivity contribution >= 4 is 11.8 Å². The van der Waals surface area contributed by atoms with Gasteiger partial charge in [0, 0.05) is 6.54 Å². The number of rotatable bonds is 5. The highest BCUT2D eigenvalue weighted by Crippen LogP contribution is 2.22. The Labute approximate surface area is 141 Å². The summed E-state index contributed by atoms with van der Waals surface area (Å²) in [6.07, 6.45) is 8.24. The molecule has 0 spiro atoms. The van der Waals surface area contributed by atoms with Gasteiger partial charge in [-0.05, 0) is 45.2 Å². The van der Waals surface area contributed by atoms with Crippen LogP contribution in [0.5, 0.6) is 0 Å². The summed E-state index contributed by atoms with van der Waals surface area (Å²) >= 11 is 0. The van der Waals surface area contributed by atoms with Gasteiger partial charge in [0.2, 0.25) is 11.8 Å². The Kier molecular flexibility index (Phi) is 13.7. The van der Waals surface area contributed by atoms with Gasteiger partial charge in [-0.2, -0.15) is 0 Å². The number of nitrogens with two attached hydrogens (primary N) is 1. The van der Waals surface area contributed by atoms with Crippen LogP contribution in [0.25, 0.3) is 0 Å². The van der Waals surface area contributed by atoms with Gasteiger partial charge >= 0.3 is 0 Å². The molecule has 6 heteroatoms. The maximum absolute atomic E-state index is 11.7. The van der Waals surface area contributed by atoms with Crippen LogP contribution in [0, 0.1) is 5.92 Å².